The molecule has 0 aliphatic carbocycles. The lowest BCUT2D eigenvalue weighted by Gasteiger charge is -2.19. The van der Waals surface area contributed by atoms with E-state index in [-0.39, 0.29) is 11.8 Å². The van der Waals surface area contributed by atoms with Gasteiger partial charge in [0.25, 0.3) is 11.8 Å². The molecule has 1 aromatic rings. The molecule has 0 spiro atoms. The van der Waals surface area contributed by atoms with Crippen molar-refractivity contribution in [3.63, 3.8) is 0 Å². The number of rotatable bonds is 8. The quantitative estimate of drug-likeness (QED) is 0.675. The van der Waals surface area contributed by atoms with Crippen molar-refractivity contribution in [2.45, 2.75) is 32.2 Å². The number of hydrogen-bond donors (Lipinski definition) is 1. The van der Waals surface area contributed by atoms with Crippen LogP contribution >= 0.6 is 11.8 Å². The van der Waals surface area contributed by atoms with E-state index in [1.807, 2.05) is 19.2 Å². The monoisotopic (exact) mass is 392 g/mol. The Kier molecular flexibility index (Phi) is 7.84. The van der Waals surface area contributed by atoms with Crippen molar-refractivity contribution in [3.8, 4) is 0 Å². The molecular weight excluding hydrogens is 368 g/mol. The molecule has 0 radical (unpaired) electrons. The summed E-state index contributed by atoms with van der Waals surface area (Å²) < 4.78 is 5.08. The number of thioether (sulfide) groups is 1. The molecule has 146 valence electrons. The summed E-state index contributed by atoms with van der Waals surface area (Å²) >= 11 is 1.54. The van der Waals surface area contributed by atoms with Crippen LogP contribution < -0.4 is 5.32 Å². The van der Waals surface area contributed by atoms with Gasteiger partial charge in [-0.05, 0) is 43.9 Å². The summed E-state index contributed by atoms with van der Waals surface area (Å²) in [6.07, 6.45) is 3.24. The Balaban J connectivity index is 1.95. The summed E-state index contributed by atoms with van der Waals surface area (Å²) in [6.45, 7) is 1.73. The molecule has 1 atom stereocenters. The number of nitrogens with zero attached hydrogens (tertiary/aromatic N) is 1. The first kappa shape index (κ1) is 21.0. The first-order chi connectivity index (χ1) is 12.9. The SMILES string of the molecule is CSCC[C@@H](NC(=O)c1cccc(C)c1)C(=O)OCC(=O)N1CCCC1=O. The third kappa shape index (κ3) is 6.09. The fourth-order valence-corrected chi connectivity index (χ4v) is 3.21. The summed E-state index contributed by atoms with van der Waals surface area (Å²) in [7, 11) is 0. The number of hydrogen-bond acceptors (Lipinski definition) is 6. The first-order valence-electron chi connectivity index (χ1n) is 8.78. The van der Waals surface area contributed by atoms with Gasteiger partial charge >= 0.3 is 5.97 Å². The summed E-state index contributed by atoms with van der Waals surface area (Å²) in [4.78, 5) is 49.5. The minimum atomic E-state index is -0.854. The maximum atomic E-state index is 12.4. The minimum Gasteiger partial charge on any atom is -0.454 e. The van der Waals surface area contributed by atoms with E-state index in [1.165, 1.54) is 11.8 Å². The standard InChI is InChI=1S/C19H24N2O5S/c1-13-5-3-6-14(11-13)18(24)20-15(8-10-27-2)19(25)26-12-17(23)21-9-4-7-16(21)22/h3,5-6,11,15H,4,7-10,12H2,1-2H3,(H,20,24)/t15-/m1/s1. The van der Waals surface area contributed by atoms with Crippen LogP contribution in [0.5, 0.6) is 0 Å². The highest BCUT2D eigenvalue weighted by Crippen LogP contribution is 2.11. The number of carbonyl (C=O) groups excluding carboxylic acids is 4. The van der Waals surface area contributed by atoms with Crippen molar-refractivity contribution < 1.29 is 23.9 Å². The lowest BCUT2D eigenvalue weighted by Crippen LogP contribution is -2.44. The van der Waals surface area contributed by atoms with Crippen LogP contribution in [0.2, 0.25) is 0 Å². The van der Waals surface area contributed by atoms with Gasteiger partial charge in [0, 0.05) is 18.5 Å². The lowest BCUT2D eigenvalue weighted by atomic mass is 10.1. The summed E-state index contributed by atoms with van der Waals surface area (Å²) in [5, 5.41) is 2.68. The molecule has 8 heteroatoms. The number of esters is 1. The maximum Gasteiger partial charge on any atom is 0.329 e. The zero-order valence-corrected chi connectivity index (χ0v) is 16.3. The van der Waals surface area contributed by atoms with Crippen LogP contribution in [0.25, 0.3) is 0 Å². The van der Waals surface area contributed by atoms with Crippen LogP contribution in [-0.4, -0.2) is 59.8 Å². The fourth-order valence-electron chi connectivity index (χ4n) is 2.74. The van der Waals surface area contributed by atoms with Gasteiger partial charge in [0.2, 0.25) is 5.91 Å². The second-order valence-electron chi connectivity index (χ2n) is 6.33. The van der Waals surface area contributed by atoms with Crippen LogP contribution in [-0.2, 0) is 19.1 Å². The molecule has 1 aliphatic heterocycles. The van der Waals surface area contributed by atoms with Crippen LogP contribution in [0.3, 0.4) is 0 Å². The molecule has 1 fully saturated rings. The number of carbonyl (C=O) groups is 4. The number of imide groups is 1. The molecule has 0 unspecified atom stereocenters. The molecule has 0 aromatic heterocycles. The van der Waals surface area contributed by atoms with Crippen molar-refractivity contribution >= 4 is 35.5 Å². The van der Waals surface area contributed by atoms with E-state index < -0.39 is 24.5 Å². The summed E-state index contributed by atoms with van der Waals surface area (Å²) in [5.74, 6) is -1.18. The molecule has 1 heterocycles. The molecular formula is C19H24N2O5S. The molecule has 1 aliphatic rings. The first-order valence-corrected chi connectivity index (χ1v) is 10.2. The van der Waals surface area contributed by atoms with Gasteiger partial charge in [0.05, 0.1) is 0 Å². The smallest absolute Gasteiger partial charge is 0.329 e. The highest BCUT2D eigenvalue weighted by Gasteiger charge is 2.28. The Hall–Kier alpha value is -2.35. The number of likely N-dealkylation sites (tertiary alicyclic amines) is 1. The van der Waals surface area contributed by atoms with Gasteiger partial charge in [-0.1, -0.05) is 17.7 Å². The Morgan fingerprint density at radius 2 is 2.11 bits per heavy atom. The van der Waals surface area contributed by atoms with Crippen molar-refractivity contribution in [3.05, 3.63) is 35.4 Å². The van der Waals surface area contributed by atoms with Crippen LogP contribution in [0.4, 0.5) is 0 Å². The highest BCUT2D eigenvalue weighted by atomic mass is 32.2. The number of ether oxygens (including phenoxy) is 1. The second-order valence-corrected chi connectivity index (χ2v) is 7.31. The van der Waals surface area contributed by atoms with Crippen molar-refractivity contribution in [2.75, 3.05) is 25.2 Å². The van der Waals surface area contributed by atoms with Crippen LogP contribution in [0.1, 0.15) is 35.2 Å². The van der Waals surface area contributed by atoms with E-state index in [4.69, 9.17) is 4.74 Å². The third-order valence-corrected chi connectivity index (χ3v) is 4.84. The molecule has 1 N–H and O–H groups in total. The number of benzene rings is 1. The van der Waals surface area contributed by atoms with Crippen molar-refractivity contribution in [1.82, 2.24) is 10.2 Å². The minimum absolute atomic E-state index is 0.247. The van der Waals surface area contributed by atoms with Crippen molar-refractivity contribution in [2.24, 2.45) is 0 Å². The Morgan fingerprint density at radius 3 is 2.74 bits per heavy atom. The van der Waals surface area contributed by atoms with E-state index in [0.29, 0.717) is 37.1 Å². The largest absolute Gasteiger partial charge is 0.454 e. The van der Waals surface area contributed by atoms with E-state index in [1.54, 1.807) is 18.2 Å². The summed E-state index contributed by atoms with van der Waals surface area (Å²) in [6, 6.07) is 6.19. The molecule has 0 saturated carbocycles. The maximum absolute atomic E-state index is 12.4. The molecule has 3 amide bonds. The van der Waals surface area contributed by atoms with Gasteiger partial charge in [-0.25, -0.2) is 4.79 Å². The number of aryl methyl sites for hydroxylation is 1. The van der Waals surface area contributed by atoms with Crippen LogP contribution in [0, 0.1) is 6.92 Å². The predicted octanol–water partition coefficient (Wildman–Crippen LogP) is 1.54. The van der Waals surface area contributed by atoms with Gasteiger partial charge in [0.1, 0.15) is 6.04 Å². The molecule has 2 rings (SSSR count). The Labute approximate surface area is 162 Å². The number of amides is 3. The van der Waals surface area contributed by atoms with Gasteiger partial charge in [-0.3, -0.25) is 19.3 Å². The van der Waals surface area contributed by atoms with Gasteiger partial charge in [0.15, 0.2) is 6.61 Å². The van der Waals surface area contributed by atoms with Crippen LogP contribution in [0.15, 0.2) is 24.3 Å². The number of nitrogens with one attached hydrogen (secondary N) is 1. The van der Waals surface area contributed by atoms with E-state index in [2.05, 4.69) is 5.32 Å². The molecule has 1 saturated heterocycles. The molecule has 7 nitrogen and oxygen atoms in total. The summed E-state index contributed by atoms with van der Waals surface area (Å²) in [5.41, 5.74) is 1.39. The zero-order chi connectivity index (χ0) is 19.8. The second kappa shape index (κ2) is 10.1. The Morgan fingerprint density at radius 1 is 1.33 bits per heavy atom. The van der Waals surface area contributed by atoms with E-state index >= 15 is 0 Å². The van der Waals surface area contributed by atoms with Gasteiger partial charge in [-0.2, -0.15) is 11.8 Å². The Bertz CT molecular complexity index is 722. The highest BCUT2D eigenvalue weighted by molar-refractivity contribution is 7.98. The molecule has 0 bridgehead atoms. The molecule has 27 heavy (non-hydrogen) atoms. The van der Waals surface area contributed by atoms with Gasteiger partial charge < -0.3 is 10.1 Å². The molecule has 1 aromatic carbocycles. The third-order valence-electron chi connectivity index (χ3n) is 4.19. The van der Waals surface area contributed by atoms with E-state index in [0.717, 1.165) is 10.5 Å². The van der Waals surface area contributed by atoms with Gasteiger partial charge in [-0.15, -0.1) is 0 Å². The average Bonchev–Trinajstić information content (AvgIpc) is 3.08. The van der Waals surface area contributed by atoms with E-state index in [9.17, 15) is 19.2 Å². The zero-order valence-electron chi connectivity index (χ0n) is 15.5. The predicted molar refractivity (Wildman–Crippen MR) is 102 cm³/mol. The fraction of sp³-hybridized carbons (Fsp3) is 0.474. The normalized spacial score (nSPS) is 14.7. The topological polar surface area (TPSA) is 92.8 Å². The average molecular weight is 392 g/mol. The lowest BCUT2D eigenvalue weighted by molar-refractivity contribution is -0.156. The van der Waals surface area contributed by atoms with Crippen molar-refractivity contribution in [1.29, 1.82) is 0 Å².